The molecule has 0 aromatic heterocycles. The van der Waals surface area contributed by atoms with Crippen molar-refractivity contribution in [3.05, 3.63) is 35.9 Å². The van der Waals surface area contributed by atoms with Crippen LogP contribution in [0.4, 0.5) is 0 Å². The van der Waals surface area contributed by atoms with Crippen molar-refractivity contribution in [3.63, 3.8) is 0 Å². The Bertz CT molecular complexity index is 483. The Balaban J connectivity index is 1.69. The van der Waals surface area contributed by atoms with Crippen molar-refractivity contribution in [1.82, 2.24) is 4.90 Å². The third-order valence-corrected chi connectivity index (χ3v) is 2.90. The summed E-state index contributed by atoms with van der Waals surface area (Å²) in [6, 6.07) is 9.26. The molecule has 0 bridgehead atoms. The molecule has 5 nitrogen and oxygen atoms in total. The molecule has 1 heterocycles. The highest BCUT2D eigenvalue weighted by Crippen LogP contribution is 2.08. The van der Waals surface area contributed by atoms with E-state index in [4.69, 9.17) is 4.74 Å². The normalized spacial score (nSPS) is 13.9. The molecule has 1 aromatic rings. The Hall–Kier alpha value is -2.17. The van der Waals surface area contributed by atoms with Crippen molar-refractivity contribution < 1.29 is 19.1 Å². The fourth-order valence-corrected chi connectivity index (χ4v) is 1.75. The van der Waals surface area contributed by atoms with Gasteiger partial charge in [0.25, 0.3) is 0 Å². The summed E-state index contributed by atoms with van der Waals surface area (Å²) >= 11 is 0. The fourth-order valence-electron chi connectivity index (χ4n) is 1.75. The van der Waals surface area contributed by atoms with E-state index in [9.17, 15) is 14.4 Å². The van der Waals surface area contributed by atoms with Gasteiger partial charge >= 0.3 is 5.97 Å². The molecule has 0 aliphatic carbocycles. The summed E-state index contributed by atoms with van der Waals surface area (Å²) in [4.78, 5) is 35.4. The van der Waals surface area contributed by atoms with Gasteiger partial charge in [0.05, 0.1) is 6.54 Å². The van der Waals surface area contributed by atoms with Crippen LogP contribution in [-0.2, 0) is 25.7 Å². The van der Waals surface area contributed by atoms with Crippen LogP contribution in [0.2, 0.25) is 0 Å². The topological polar surface area (TPSA) is 63.7 Å². The van der Waals surface area contributed by atoms with Gasteiger partial charge in [-0.05, 0) is 5.56 Å². The molecule has 1 saturated heterocycles. The number of carbonyl (C=O) groups is 3. The molecule has 100 valence electrons. The lowest BCUT2D eigenvalue weighted by molar-refractivity contribution is -0.150. The molecule has 0 saturated carbocycles. The van der Waals surface area contributed by atoms with Gasteiger partial charge in [-0.2, -0.15) is 0 Å². The second-order valence-electron chi connectivity index (χ2n) is 4.43. The zero-order valence-corrected chi connectivity index (χ0v) is 10.5. The molecule has 0 unspecified atom stereocenters. The highest BCUT2D eigenvalue weighted by Gasteiger charge is 2.26. The molecule has 1 aliphatic rings. The number of esters is 1. The number of rotatable bonds is 6. The molecule has 1 amide bonds. The first kappa shape index (κ1) is 13.3. The van der Waals surface area contributed by atoms with Crippen LogP contribution >= 0.6 is 0 Å². The number of hydrogen-bond donors (Lipinski definition) is 0. The molecule has 5 heteroatoms. The number of likely N-dealkylation sites (tertiary alicyclic amines) is 1. The minimum atomic E-state index is -0.554. The number of ether oxygens (including phenoxy) is 1. The van der Waals surface area contributed by atoms with Crippen LogP contribution in [0.3, 0.4) is 0 Å². The van der Waals surface area contributed by atoms with Gasteiger partial charge in [-0.15, -0.1) is 0 Å². The standard InChI is InChI=1S/C14H15NO4/c16-12(9-15-7-6-13(15)17)8-14(18)19-10-11-4-2-1-3-5-11/h1-5H,6-10H2. The summed E-state index contributed by atoms with van der Waals surface area (Å²) < 4.78 is 5.00. The summed E-state index contributed by atoms with van der Waals surface area (Å²) in [6.45, 7) is 0.776. The molecule has 1 aromatic carbocycles. The number of ketones is 1. The van der Waals surface area contributed by atoms with Crippen molar-refractivity contribution in [2.45, 2.75) is 19.4 Å². The van der Waals surface area contributed by atoms with Crippen LogP contribution in [-0.4, -0.2) is 35.6 Å². The van der Waals surface area contributed by atoms with E-state index in [0.29, 0.717) is 13.0 Å². The SMILES string of the molecule is O=C(CC(=O)OCc1ccccc1)CN1CCC1=O. The summed E-state index contributed by atoms with van der Waals surface area (Å²) in [6.07, 6.45) is 0.211. The van der Waals surface area contributed by atoms with Crippen LogP contribution in [0, 0.1) is 0 Å². The number of hydrogen-bond acceptors (Lipinski definition) is 4. The second-order valence-corrected chi connectivity index (χ2v) is 4.43. The minimum absolute atomic E-state index is 0.0132. The first-order valence-corrected chi connectivity index (χ1v) is 6.14. The first-order valence-electron chi connectivity index (χ1n) is 6.14. The van der Waals surface area contributed by atoms with Gasteiger partial charge < -0.3 is 9.64 Å². The van der Waals surface area contributed by atoms with Crippen molar-refractivity contribution >= 4 is 17.7 Å². The first-order chi connectivity index (χ1) is 9.15. The fraction of sp³-hybridized carbons (Fsp3) is 0.357. The van der Waals surface area contributed by atoms with Crippen LogP contribution in [0.5, 0.6) is 0 Å². The lowest BCUT2D eigenvalue weighted by Crippen LogP contribution is -2.46. The van der Waals surface area contributed by atoms with Gasteiger partial charge in [0.2, 0.25) is 5.91 Å². The largest absolute Gasteiger partial charge is 0.460 e. The number of β-lactam (4-membered cyclic amide) rings is 1. The van der Waals surface area contributed by atoms with E-state index in [0.717, 1.165) is 5.56 Å². The van der Waals surface area contributed by atoms with Crippen molar-refractivity contribution in [1.29, 1.82) is 0 Å². The number of nitrogens with zero attached hydrogens (tertiary/aromatic N) is 1. The van der Waals surface area contributed by atoms with Crippen LogP contribution in [0.25, 0.3) is 0 Å². The van der Waals surface area contributed by atoms with E-state index < -0.39 is 5.97 Å². The quantitative estimate of drug-likeness (QED) is 0.434. The van der Waals surface area contributed by atoms with E-state index in [1.807, 2.05) is 30.3 Å². The average Bonchev–Trinajstić information content (AvgIpc) is 2.42. The Morgan fingerprint density at radius 3 is 2.53 bits per heavy atom. The van der Waals surface area contributed by atoms with Gasteiger partial charge in [-0.25, -0.2) is 0 Å². The van der Waals surface area contributed by atoms with E-state index in [1.165, 1.54) is 4.90 Å². The van der Waals surface area contributed by atoms with Gasteiger partial charge in [-0.1, -0.05) is 30.3 Å². The van der Waals surface area contributed by atoms with Gasteiger partial charge in [0, 0.05) is 13.0 Å². The minimum Gasteiger partial charge on any atom is -0.460 e. The Morgan fingerprint density at radius 1 is 1.21 bits per heavy atom. The average molecular weight is 261 g/mol. The number of amides is 1. The molecular formula is C14H15NO4. The maximum Gasteiger partial charge on any atom is 0.313 e. The predicted molar refractivity (Wildman–Crippen MR) is 67.1 cm³/mol. The molecule has 2 rings (SSSR count). The Labute approximate surface area is 111 Å². The summed E-state index contributed by atoms with van der Waals surface area (Å²) in [5.41, 5.74) is 0.876. The van der Waals surface area contributed by atoms with E-state index in [2.05, 4.69) is 0 Å². The summed E-state index contributed by atoms with van der Waals surface area (Å²) in [7, 11) is 0. The molecular weight excluding hydrogens is 246 g/mol. The zero-order valence-electron chi connectivity index (χ0n) is 10.5. The number of Topliss-reactive ketones (excluding diaryl/α,β-unsaturated/α-hetero) is 1. The van der Waals surface area contributed by atoms with Crippen LogP contribution in [0.15, 0.2) is 30.3 Å². The predicted octanol–water partition coefficient (Wildman–Crippen LogP) is 0.921. The highest BCUT2D eigenvalue weighted by molar-refractivity contribution is 5.98. The van der Waals surface area contributed by atoms with Crippen LogP contribution in [0.1, 0.15) is 18.4 Å². The monoisotopic (exact) mass is 261 g/mol. The molecule has 0 N–H and O–H groups in total. The van der Waals surface area contributed by atoms with Crippen molar-refractivity contribution in [2.75, 3.05) is 13.1 Å². The number of benzene rings is 1. The smallest absolute Gasteiger partial charge is 0.313 e. The van der Waals surface area contributed by atoms with E-state index >= 15 is 0 Å². The second kappa shape index (κ2) is 6.13. The zero-order chi connectivity index (χ0) is 13.7. The third-order valence-electron chi connectivity index (χ3n) is 2.90. The summed E-state index contributed by atoms with van der Waals surface area (Å²) in [5.74, 6) is -0.876. The lowest BCUT2D eigenvalue weighted by Gasteiger charge is -2.29. The Kier molecular flexibility index (Phi) is 4.28. The highest BCUT2D eigenvalue weighted by atomic mass is 16.5. The molecule has 1 aliphatic heterocycles. The third kappa shape index (κ3) is 3.91. The maximum atomic E-state index is 11.5. The number of carbonyl (C=O) groups excluding carboxylic acids is 3. The maximum absolute atomic E-state index is 11.5. The molecule has 0 atom stereocenters. The Morgan fingerprint density at radius 2 is 1.95 bits per heavy atom. The molecule has 1 fully saturated rings. The van der Waals surface area contributed by atoms with Gasteiger partial charge in [0.15, 0.2) is 5.78 Å². The van der Waals surface area contributed by atoms with Gasteiger partial charge in [0.1, 0.15) is 13.0 Å². The van der Waals surface area contributed by atoms with Gasteiger partial charge in [-0.3, -0.25) is 14.4 Å². The molecule has 19 heavy (non-hydrogen) atoms. The molecule has 0 radical (unpaired) electrons. The molecule has 0 spiro atoms. The van der Waals surface area contributed by atoms with Crippen molar-refractivity contribution in [3.8, 4) is 0 Å². The van der Waals surface area contributed by atoms with Crippen molar-refractivity contribution in [2.24, 2.45) is 0 Å². The lowest BCUT2D eigenvalue weighted by atomic mass is 10.1. The van der Waals surface area contributed by atoms with E-state index in [-0.39, 0.29) is 31.3 Å². The summed E-state index contributed by atoms with van der Waals surface area (Å²) in [5, 5.41) is 0. The van der Waals surface area contributed by atoms with Crippen LogP contribution < -0.4 is 0 Å². The van der Waals surface area contributed by atoms with E-state index in [1.54, 1.807) is 0 Å².